The molecule has 4 fully saturated rings. The third-order valence-corrected chi connectivity index (χ3v) is 9.57. The molecule has 0 aromatic carbocycles. The molecule has 4 N–H and O–H groups in total. The lowest BCUT2D eigenvalue weighted by molar-refractivity contribution is -0.0250. The van der Waals surface area contributed by atoms with E-state index in [1.54, 1.807) is 6.92 Å². The van der Waals surface area contributed by atoms with E-state index < -0.39 is 20.9 Å². The van der Waals surface area contributed by atoms with Crippen molar-refractivity contribution < 1.29 is 17.5 Å². The number of hydrogen-bond acceptors (Lipinski definition) is 8. The van der Waals surface area contributed by atoms with Crippen molar-refractivity contribution in [3.05, 3.63) is 0 Å². The molecule has 7 atom stereocenters. The first-order valence-corrected chi connectivity index (χ1v) is 13.1. The van der Waals surface area contributed by atoms with Gasteiger partial charge in [0.25, 0.3) is 0 Å². The molecule has 1 aliphatic carbocycles. The second-order valence-electron chi connectivity index (χ2n) is 9.96. The van der Waals surface area contributed by atoms with Crippen LogP contribution in [0.3, 0.4) is 0 Å². The van der Waals surface area contributed by atoms with E-state index in [9.17, 15) is 12.8 Å². The van der Waals surface area contributed by atoms with Crippen molar-refractivity contribution in [3.63, 3.8) is 0 Å². The summed E-state index contributed by atoms with van der Waals surface area (Å²) in [5.41, 5.74) is 5.22. The number of hydrazine groups is 2. The fourth-order valence-electron chi connectivity index (χ4n) is 5.97. The Balaban J connectivity index is 1.35. The first kappa shape index (κ1) is 23.7. The molecule has 3 saturated heterocycles. The summed E-state index contributed by atoms with van der Waals surface area (Å²) < 4.78 is 49.5. The van der Waals surface area contributed by atoms with Crippen LogP contribution >= 0.6 is 0 Å². The van der Waals surface area contributed by atoms with Crippen molar-refractivity contribution in [3.8, 4) is 0 Å². The van der Waals surface area contributed by atoms with Crippen LogP contribution in [0, 0.1) is 11.8 Å². The highest BCUT2D eigenvalue weighted by Gasteiger charge is 2.45. The lowest BCUT2D eigenvalue weighted by Crippen LogP contribution is -2.56. The molecule has 4 rings (SSSR count). The number of piperidine rings is 1. The second kappa shape index (κ2) is 9.46. The van der Waals surface area contributed by atoms with Crippen LogP contribution in [0.5, 0.6) is 0 Å². The average molecular weight is 463 g/mol. The summed E-state index contributed by atoms with van der Waals surface area (Å²) in [6.07, 6.45) is 4.34. The van der Waals surface area contributed by atoms with E-state index in [1.807, 2.05) is 12.1 Å². The molecule has 180 valence electrons. The van der Waals surface area contributed by atoms with E-state index in [1.165, 1.54) is 7.11 Å². The maximum atomic E-state index is 15.0. The molecule has 0 amide bonds. The molecule has 3 aliphatic heterocycles. The van der Waals surface area contributed by atoms with Crippen LogP contribution in [0.1, 0.15) is 39.0 Å². The quantitative estimate of drug-likeness (QED) is 0.412. The van der Waals surface area contributed by atoms with Crippen molar-refractivity contribution in [1.29, 1.82) is 0 Å². The molecule has 0 aromatic rings. The normalized spacial score (nSPS) is 40.0. The third-order valence-electron chi connectivity index (χ3n) is 7.75. The smallest absolute Gasteiger partial charge is 0.217 e. The Kier molecular flexibility index (Phi) is 7.24. The molecule has 1 saturated carbocycles. The zero-order valence-electron chi connectivity index (χ0n) is 18.9. The predicted molar refractivity (Wildman–Crippen MR) is 117 cm³/mol. The van der Waals surface area contributed by atoms with Crippen LogP contribution in [-0.2, 0) is 14.8 Å². The standard InChI is InChI=1S/C20H39FN6O3S/c1-20(21,13-30-3)15-7-8-22-18(9-15)27-12-16(11-24-27)31(28,29)25-17-6-4-5-14-10-23-26(2)19(14)17/h14-19,22-25H,4-13H2,1-3H3/t14?,15?,16?,17?,18?,19?,20-/m0/s1. The van der Waals surface area contributed by atoms with E-state index in [2.05, 4.69) is 25.9 Å². The van der Waals surface area contributed by atoms with Gasteiger partial charge < -0.3 is 10.1 Å². The zero-order valence-corrected chi connectivity index (χ0v) is 19.8. The highest BCUT2D eigenvalue weighted by Crippen LogP contribution is 2.33. The van der Waals surface area contributed by atoms with Gasteiger partial charge in [0.1, 0.15) is 10.9 Å². The summed E-state index contributed by atoms with van der Waals surface area (Å²) in [7, 11) is 0.0518. The number of methoxy groups -OCH3 is 1. The van der Waals surface area contributed by atoms with E-state index in [0.717, 1.165) is 32.2 Å². The number of ether oxygens (including phenoxy) is 1. The first-order chi connectivity index (χ1) is 14.7. The van der Waals surface area contributed by atoms with Crippen LogP contribution < -0.4 is 20.9 Å². The minimum atomic E-state index is -3.47. The van der Waals surface area contributed by atoms with E-state index in [0.29, 0.717) is 32.0 Å². The van der Waals surface area contributed by atoms with Gasteiger partial charge in [0.05, 0.1) is 12.8 Å². The van der Waals surface area contributed by atoms with E-state index in [4.69, 9.17) is 4.74 Å². The van der Waals surface area contributed by atoms with Crippen molar-refractivity contribution >= 4 is 10.0 Å². The molecular formula is C20H39FN6O3S. The number of alkyl halides is 1. The molecule has 6 unspecified atom stereocenters. The fraction of sp³-hybridized carbons (Fsp3) is 1.00. The molecule has 11 heteroatoms. The first-order valence-electron chi connectivity index (χ1n) is 11.6. The molecular weight excluding hydrogens is 423 g/mol. The summed E-state index contributed by atoms with van der Waals surface area (Å²) in [6.45, 7) is 4.07. The summed E-state index contributed by atoms with van der Waals surface area (Å²) in [5.74, 6) is 0.369. The monoisotopic (exact) mass is 462 g/mol. The Morgan fingerprint density at radius 3 is 2.81 bits per heavy atom. The third kappa shape index (κ3) is 5.08. The van der Waals surface area contributed by atoms with Gasteiger partial charge in [0.2, 0.25) is 10.0 Å². The Bertz CT molecular complexity index is 724. The van der Waals surface area contributed by atoms with Crippen molar-refractivity contribution in [2.24, 2.45) is 11.8 Å². The molecule has 0 spiro atoms. The molecule has 0 bridgehead atoms. The number of sulfonamides is 1. The molecule has 4 aliphatic rings. The van der Waals surface area contributed by atoms with Gasteiger partial charge in [0.15, 0.2) is 0 Å². The highest BCUT2D eigenvalue weighted by atomic mass is 32.2. The lowest BCUT2D eigenvalue weighted by Gasteiger charge is -2.40. The summed E-state index contributed by atoms with van der Waals surface area (Å²) in [4.78, 5) is 0. The van der Waals surface area contributed by atoms with Gasteiger partial charge in [-0.3, -0.25) is 10.9 Å². The molecule has 0 radical (unpaired) electrons. The van der Waals surface area contributed by atoms with Crippen LogP contribution in [0.15, 0.2) is 0 Å². The SMILES string of the molecule is COC[C@](C)(F)C1CCNC(N2CC(S(=O)(=O)NC3CCCC4CNN(C)C43)CN2)C1. The van der Waals surface area contributed by atoms with E-state index >= 15 is 0 Å². The Labute approximate surface area is 185 Å². The maximum absolute atomic E-state index is 15.0. The minimum absolute atomic E-state index is 0.0590. The van der Waals surface area contributed by atoms with Crippen molar-refractivity contribution in [1.82, 2.24) is 30.9 Å². The van der Waals surface area contributed by atoms with Gasteiger partial charge in [-0.1, -0.05) is 6.42 Å². The second-order valence-corrected chi connectivity index (χ2v) is 12.0. The lowest BCUT2D eigenvalue weighted by atomic mass is 9.82. The number of nitrogens with one attached hydrogen (secondary N) is 4. The number of fused-ring (bicyclic) bond motifs is 1. The summed E-state index contributed by atoms with van der Waals surface area (Å²) in [5, 5.41) is 6.93. The van der Waals surface area contributed by atoms with Gasteiger partial charge in [-0.15, -0.1) is 0 Å². The molecule has 3 heterocycles. The average Bonchev–Trinajstić information content (AvgIpc) is 3.37. The molecule has 9 nitrogen and oxygen atoms in total. The number of rotatable bonds is 7. The van der Waals surface area contributed by atoms with Crippen LogP contribution in [0.4, 0.5) is 4.39 Å². The number of likely N-dealkylation sites (N-methyl/N-ethyl adjacent to an activating group) is 1. The number of halogens is 1. The Morgan fingerprint density at radius 2 is 2.03 bits per heavy atom. The van der Waals surface area contributed by atoms with Crippen molar-refractivity contribution in [2.45, 2.75) is 68.2 Å². The summed E-state index contributed by atoms with van der Waals surface area (Å²) in [6, 6.07) is 0.147. The molecule has 31 heavy (non-hydrogen) atoms. The Hall–Kier alpha value is -0.400. The topological polar surface area (TPSA) is 98.0 Å². The van der Waals surface area contributed by atoms with Crippen LogP contribution in [-0.4, -0.2) is 94.5 Å². The zero-order chi connectivity index (χ0) is 22.2. The van der Waals surface area contributed by atoms with E-state index in [-0.39, 0.29) is 30.8 Å². The predicted octanol–water partition coefficient (Wildman–Crippen LogP) is -0.218. The van der Waals surface area contributed by atoms with Gasteiger partial charge >= 0.3 is 0 Å². The number of nitrogens with zero attached hydrogens (tertiary/aromatic N) is 2. The van der Waals surface area contributed by atoms with Gasteiger partial charge in [-0.25, -0.2) is 27.5 Å². The van der Waals surface area contributed by atoms with Crippen LogP contribution in [0.2, 0.25) is 0 Å². The van der Waals surface area contributed by atoms with Gasteiger partial charge in [-0.2, -0.15) is 0 Å². The largest absolute Gasteiger partial charge is 0.381 e. The minimum Gasteiger partial charge on any atom is -0.381 e. The fourth-order valence-corrected chi connectivity index (χ4v) is 7.50. The van der Waals surface area contributed by atoms with Crippen LogP contribution in [0.25, 0.3) is 0 Å². The summed E-state index contributed by atoms with van der Waals surface area (Å²) >= 11 is 0. The highest BCUT2D eigenvalue weighted by molar-refractivity contribution is 7.90. The van der Waals surface area contributed by atoms with Gasteiger partial charge in [-0.05, 0) is 51.0 Å². The maximum Gasteiger partial charge on any atom is 0.217 e. The van der Waals surface area contributed by atoms with Crippen molar-refractivity contribution in [2.75, 3.05) is 46.9 Å². The Morgan fingerprint density at radius 1 is 1.23 bits per heavy atom. The van der Waals surface area contributed by atoms with Gasteiger partial charge in [0, 0.05) is 45.9 Å². The number of hydrogen-bond donors (Lipinski definition) is 4. The molecule has 0 aromatic heterocycles.